The van der Waals surface area contributed by atoms with Gasteiger partial charge >= 0.3 is 5.97 Å². The molecule has 0 spiro atoms. The van der Waals surface area contributed by atoms with Crippen molar-refractivity contribution in [2.75, 3.05) is 14.2 Å². The van der Waals surface area contributed by atoms with Gasteiger partial charge in [0.2, 0.25) is 5.88 Å². The van der Waals surface area contributed by atoms with Gasteiger partial charge in [0.1, 0.15) is 11.4 Å². The molecule has 98 valence electrons. The van der Waals surface area contributed by atoms with E-state index in [0.29, 0.717) is 22.9 Å². The van der Waals surface area contributed by atoms with Gasteiger partial charge in [0.05, 0.1) is 19.8 Å². The zero-order valence-corrected chi connectivity index (χ0v) is 10.5. The lowest BCUT2D eigenvalue weighted by atomic mass is 10.1. The van der Waals surface area contributed by atoms with Crippen LogP contribution in [0.5, 0.6) is 11.6 Å². The molecule has 1 N–H and O–H groups in total. The molecule has 2 rings (SSSR count). The Hall–Kier alpha value is -2.63. The molecule has 6 heteroatoms. The summed E-state index contributed by atoms with van der Waals surface area (Å²) in [6.07, 6.45) is 3.00. The van der Waals surface area contributed by atoms with E-state index in [0.717, 1.165) is 0 Å². The fourth-order valence-corrected chi connectivity index (χ4v) is 1.69. The third-order valence-corrected chi connectivity index (χ3v) is 2.56. The van der Waals surface area contributed by atoms with Crippen LogP contribution in [0.3, 0.4) is 0 Å². The molecule has 1 aromatic heterocycles. The quantitative estimate of drug-likeness (QED) is 0.903. The fraction of sp³-hybridized carbons (Fsp3) is 0.154. The van der Waals surface area contributed by atoms with Crippen LogP contribution in [0.25, 0.3) is 11.3 Å². The molecule has 0 saturated carbocycles. The minimum Gasteiger partial charge on any atom is -0.496 e. The van der Waals surface area contributed by atoms with Crippen LogP contribution in [0, 0.1) is 0 Å². The molecule has 0 aliphatic heterocycles. The molecule has 0 radical (unpaired) electrons. The van der Waals surface area contributed by atoms with Gasteiger partial charge in [-0.05, 0) is 18.2 Å². The van der Waals surface area contributed by atoms with Crippen LogP contribution in [-0.4, -0.2) is 35.3 Å². The summed E-state index contributed by atoms with van der Waals surface area (Å²) in [5.74, 6) is -0.209. The van der Waals surface area contributed by atoms with Gasteiger partial charge in [-0.1, -0.05) is 0 Å². The Kier molecular flexibility index (Phi) is 3.61. The molecule has 1 heterocycles. The molecule has 0 fully saturated rings. The largest absolute Gasteiger partial charge is 0.496 e. The van der Waals surface area contributed by atoms with Crippen LogP contribution < -0.4 is 9.47 Å². The van der Waals surface area contributed by atoms with E-state index in [-0.39, 0.29) is 5.56 Å². The predicted molar refractivity (Wildman–Crippen MR) is 67.5 cm³/mol. The molecule has 0 aliphatic rings. The third kappa shape index (κ3) is 2.47. The number of hydrogen-bond acceptors (Lipinski definition) is 5. The Morgan fingerprint density at radius 3 is 2.53 bits per heavy atom. The van der Waals surface area contributed by atoms with Crippen molar-refractivity contribution in [3.63, 3.8) is 0 Å². The van der Waals surface area contributed by atoms with E-state index < -0.39 is 5.97 Å². The molecule has 19 heavy (non-hydrogen) atoms. The van der Waals surface area contributed by atoms with Crippen molar-refractivity contribution in [3.05, 3.63) is 36.2 Å². The summed E-state index contributed by atoms with van der Waals surface area (Å²) in [5.41, 5.74) is 1.10. The van der Waals surface area contributed by atoms with Crippen molar-refractivity contribution in [3.8, 4) is 22.9 Å². The topological polar surface area (TPSA) is 81.5 Å². The number of methoxy groups -OCH3 is 2. The van der Waals surface area contributed by atoms with Crippen LogP contribution in [0.1, 0.15) is 10.4 Å². The summed E-state index contributed by atoms with van der Waals surface area (Å²) in [6, 6.07) is 4.52. The molecule has 0 amide bonds. The highest BCUT2D eigenvalue weighted by molar-refractivity contribution is 5.90. The first-order chi connectivity index (χ1) is 9.17. The molecule has 0 unspecified atom stereocenters. The van der Waals surface area contributed by atoms with Crippen LogP contribution >= 0.6 is 0 Å². The zero-order valence-electron chi connectivity index (χ0n) is 10.5. The molecule has 0 saturated heterocycles. The zero-order chi connectivity index (χ0) is 13.8. The van der Waals surface area contributed by atoms with E-state index >= 15 is 0 Å². The Morgan fingerprint density at radius 1 is 1.16 bits per heavy atom. The highest BCUT2D eigenvalue weighted by Gasteiger charge is 2.16. The Bertz CT molecular complexity index is 613. The predicted octanol–water partition coefficient (Wildman–Crippen LogP) is 1.86. The van der Waals surface area contributed by atoms with Crippen molar-refractivity contribution in [1.29, 1.82) is 0 Å². The minimum absolute atomic E-state index is 0.142. The summed E-state index contributed by atoms with van der Waals surface area (Å²) in [4.78, 5) is 19.2. The molecular weight excluding hydrogens is 248 g/mol. The van der Waals surface area contributed by atoms with Gasteiger partial charge < -0.3 is 14.6 Å². The Labute approximate surface area is 109 Å². The number of rotatable bonds is 4. The van der Waals surface area contributed by atoms with Gasteiger partial charge in [0.15, 0.2) is 0 Å². The summed E-state index contributed by atoms with van der Waals surface area (Å²) in [6.45, 7) is 0. The maximum absolute atomic E-state index is 11.0. The maximum atomic E-state index is 11.0. The molecule has 6 nitrogen and oxygen atoms in total. The lowest BCUT2D eigenvalue weighted by Gasteiger charge is -2.11. The van der Waals surface area contributed by atoms with Crippen molar-refractivity contribution in [2.45, 2.75) is 0 Å². The standard InChI is InChI=1S/C13H12N2O4/c1-18-10-4-3-8(13(16)17)7-9(10)11-12(19-2)15-6-5-14-11/h3-7H,1-2H3,(H,16,17). The van der Waals surface area contributed by atoms with E-state index in [1.807, 2.05) is 0 Å². The number of aromatic nitrogens is 2. The lowest BCUT2D eigenvalue weighted by molar-refractivity contribution is 0.0697. The SMILES string of the molecule is COc1ccc(C(=O)O)cc1-c1nccnc1OC. The first-order valence-corrected chi connectivity index (χ1v) is 5.44. The summed E-state index contributed by atoms with van der Waals surface area (Å²) >= 11 is 0. The van der Waals surface area contributed by atoms with Gasteiger partial charge in [0, 0.05) is 18.0 Å². The van der Waals surface area contributed by atoms with Crippen LogP contribution in [0.2, 0.25) is 0 Å². The van der Waals surface area contributed by atoms with Gasteiger partial charge in [-0.3, -0.25) is 0 Å². The van der Waals surface area contributed by atoms with Gasteiger partial charge in [0.25, 0.3) is 0 Å². The molecule has 2 aromatic rings. The van der Waals surface area contributed by atoms with E-state index in [2.05, 4.69) is 9.97 Å². The van der Waals surface area contributed by atoms with E-state index in [4.69, 9.17) is 14.6 Å². The van der Waals surface area contributed by atoms with E-state index in [1.165, 1.54) is 38.7 Å². The smallest absolute Gasteiger partial charge is 0.335 e. The third-order valence-electron chi connectivity index (χ3n) is 2.56. The summed E-state index contributed by atoms with van der Waals surface area (Å²) in [5, 5.41) is 9.04. The molecule has 1 aromatic carbocycles. The Balaban J connectivity index is 2.65. The van der Waals surface area contributed by atoms with Gasteiger partial charge in [-0.2, -0.15) is 0 Å². The minimum atomic E-state index is -1.02. The fourth-order valence-electron chi connectivity index (χ4n) is 1.69. The van der Waals surface area contributed by atoms with Crippen molar-refractivity contribution < 1.29 is 19.4 Å². The number of carboxylic acids is 1. The second-order valence-electron chi connectivity index (χ2n) is 3.63. The van der Waals surface area contributed by atoms with Crippen LogP contribution in [-0.2, 0) is 0 Å². The number of ether oxygens (including phenoxy) is 2. The maximum Gasteiger partial charge on any atom is 0.335 e. The van der Waals surface area contributed by atoms with Crippen LogP contribution in [0.15, 0.2) is 30.6 Å². The van der Waals surface area contributed by atoms with Gasteiger partial charge in [-0.25, -0.2) is 14.8 Å². The van der Waals surface area contributed by atoms with Crippen molar-refractivity contribution in [1.82, 2.24) is 9.97 Å². The lowest BCUT2D eigenvalue weighted by Crippen LogP contribution is -2.00. The Morgan fingerprint density at radius 2 is 1.89 bits per heavy atom. The van der Waals surface area contributed by atoms with E-state index in [1.54, 1.807) is 6.07 Å². The number of aromatic carboxylic acids is 1. The van der Waals surface area contributed by atoms with E-state index in [9.17, 15) is 4.79 Å². The monoisotopic (exact) mass is 260 g/mol. The summed E-state index contributed by atoms with van der Waals surface area (Å²) < 4.78 is 10.3. The molecule has 0 atom stereocenters. The molecule has 0 bridgehead atoms. The van der Waals surface area contributed by atoms with Crippen LogP contribution in [0.4, 0.5) is 0 Å². The first kappa shape index (κ1) is 12.8. The van der Waals surface area contributed by atoms with Crippen molar-refractivity contribution >= 4 is 5.97 Å². The number of hydrogen-bond donors (Lipinski definition) is 1. The average Bonchev–Trinajstić information content (AvgIpc) is 2.46. The molecular formula is C13H12N2O4. The number of benzene rings is 1. The van der Waals surface area contributed by atoms with Gasteiger partial charge in [-0.15, -0.1) is 0 Å². The second-order valence-corrected chi connectivity index (χ2v) is 3.63. The highest BCUT2D eigenvalue weighted by atomic mass is 16.5. The first-order valence-electron chi connectivity index (χ1n) is 5.44. The normalized spacial score (nSPS) is 10.0. The molecule has 0 aliphatic carbocycles. The number of nitrogens with zero attached hydrogens (tertiary/aromatic N) is 2. The average molecular weight is 260 g/mol. The summed E-state index contributed by atoms with van der Waals surface area (Å²) in [7, 11) is 2.98. The number of carbonyl (C=O) groups is 1. The number of carboxylic acid groups (broad SMARTS) is 1. The highest BCUT2D eigenvalue weighted by Crippen LogP contribution is 2.33. The van der Waals surface area contributed by atoms with Crippen molar-refractivity contribution in [2.24, 2.45) is 0 Å². The second kappa shape index (κ2) is 5.34.